The third kappa shape index (κ3) is 4.10. The maximum Gasteiger partial charge on any atom is 0.189 e. The number of thiophene rings is 1. The van der Waals surface area contributed by atoms with Crippen LogP contribution in [0.1, 0.15) is 37.0 Å². The molecule has 1 aliphatic carbocycles. The van der Waals surface area contributed by atoms with E-state index < -0.39 is 5.60 Å². The molecule has 0 atom stereocenters. The van der Waals surface area contributed by atoms with Crippen LogP contribution in [0.4, 0.5) is 5.82 Å². The molecule has 0 radical (unpaired) electrons. The molecule has 1 aliphatic rings. The highest BCUT2D eigenvalue weighted by molar-refractivity contribution is 7.17. The molecule has 0 spiro atoms. The molecule has 0 unspecified atom stereocenters. The molecule has 2 N–H and O–H groups in total. The minimum Gasteiger partial charge on any atom is -0.467 e. The summed E-state index contributed by atoms with van der Waals surface area (Å²) in [5.41, 5.74) is 1.36. The lowest BCUT2D eigenvalue weighted by molar-refractivity contribution is -0.0235. The molecule has 1 fully saturated rings. The van der Waals surface area contributed by atoms with Crippen LogP contribution in [0.15, 0.2) is 29.6 Å². The third-order valence-electron chi connectivity index (χ3n) is 5.00. The molecule has 152 valence electrons. The molecule has 1 aromatic carbocycles. The van der Waals surface area contributed by atoms with Gasteiger partial charge in [-0.1, -0.05) is 6.07 Å². The molecule has 0 amide bonds. The standard InChI is InChI=1S/C21H23N3O4S/c1-3-27-12-28-17-8-13(11-25)4-5-15(17)18-16-6-7-29-19(16)20(24-23-18)22-14-9-21(2,26)10-14/h4-8,11,14,26H,3,9-10,12H2,1-2H3,(H,22,24). The summed E-state index contributed by atoms with van der Waals surface area (Å²) in [5, 5.41) is 25.2. The number of fused-ring (bicyclic) bond motifs is 1. The largest absolute Gasteiger partial charge is 0.467 e. The second-order valence-electron chi connectivity index (χ2n) is 7.44. The van der Waals surface area contributed by atoms with Crippen LogP contribution in [0, 0.1) is 0 Å². The number of nitrogens with zero attached hydrogens (tertiary/aromatic N) is 2. The van der Waals surface area contributed by atoms with Crippen molar-refractivity contribution in [3.8, 4) is 17.0 Å². The molecule has 2 heterocycles. The summed E-state index contributed by atoms with van der Waals surface area (Å²) in [4.78, 5) is 11.2. The first-order chi connectivity index (χ1) is 14.0. The molecule has 0 saturated heterocycles. The Kier molecular flexibility index (Phi) is 5.49. The van der Waals surface area contributed by atoms with Crippen molar-refractivity contribution < 1.29 is 19.4 Å². The Bertz CT molecular complexity index is 1030. The van der Waals surface area contributed by atoms with E-state index in [0.717, 1.165) is 27.8 Å². The smallest absolute Gasteiger partial charge is 0.189 e. The van der Waals surface area contributed by atoms with E-state index >= 15 is 0 Å². The quantitative estimate of drug-likeness (QED) is 0.329. The second-order valence-corrected chi connectivity index (χ2v) is 8.35. The highest BCUT2D eigenvalue weighted by Crippen LogP contribution is 2.40. The van der Waals surface area contributed by atoms with Crippen LogP contribution in [-0.4, -0.2) is 46.6 Å². The van der Waals surface area contributed by atoms with E-state index in [2.05, 4.69) is 15.5 Å². The first-order valence-electron chi connectivity index (χ1n) is 9.53. The van der Waals surface area contributed by atoms with Gasteiger partial charge in [0.25, 0.3) is 0 Å². The lowest BCUT2D eigenvalue weighted by atomic mass is 9.77. The number of carbonyl (C=O) groups excluding carboxylic acids is 1. The van der Waals surface area contributed by atoms with Gasteiger partial charge in [-0.15, -0.1) is 21.5 Å². The number of hydrogen-bond acceptors (Lipinski definition) is 8. The lowest BCUT2D eigenvalue weighted by Gasteiger charge is -2.41. The summed E-state index contributed by atoms with van der Waals surface area (Å²) in [6.07, 6.45) is 2.15. The Labute approximate surface area is 172 Å². The van der Waals surface area contributed by atoms with Gasteiger partial charge in [-0.2, -0.15) is 0 Å². The number of nitrogens with one attached hydrogen (secondary N) is 1. The van der Waals surface area contributed by atoms with Crippen LogP contribution in [0.2, 0.25) is 0 Å². The van der Waals surface area contributed by atoms with Gasteiger partial charge in [-0.05, 0) is 50.3 Å². The summed E-state index contributed by atoms with van der Waals surface area (Å²) < 4.78 is 12.1. The van der Waals surface area contributed by atoms with Crippen LogP contribution in [0.25, 0.3) is 21.3 Å². The van der Waals surface area contributed by atoms with Crippen LogP contribution in [0.3, 0.4) is 0 Å². The van der Waals surface area contributed by atoms with Gasteiger partial charge < -0.3 is 19.9 Å². The number of benzene rings is 1. The fourth-order valence-electron chi connectivity index (χ4n) is 3.58. The first-order valence-corrected chi connectivity index (χ1v) is 10.4. The molecule has 4 rings (SSSR count). The van der Waals surface area contributed by atoms with Crippen LogP contribution >= 0.6 is 11.3 Å². The van der Waals surface area contributed by atoms with Crippen LogP contribution in [0.5, 0.6) is 5.75 Å². The number of hydrogen-bond donors (Lipinski definition) is 2. The molecule has 8 heteroatoms. The zero-order valence-electron chi connectivity index (χ0n) is 16.3. The number of aliphatic hydroxyl groups is 1. The van der Waals surface area contributed by atoms with E-state index in [1.54, 1.807) is 23.5 Å². The minimum atomic E-state index is -0.604. The van der Waals surface area contributed by atoms with Gasteiger partial charge in [-0.25, -0.2) is 0 Å². The number of aldehydes is 1. The zero-order valence-corrected chi connectivity index (χ0v) is 17.2. The number of aromatic nitrogens is 2. The Balaban J connectivity index is 1.69. The first kappa shape index (κ1) is 19.8. The highest BCUT2D eigenvalue weighted by atomic mass is 32.1. The average molecular weight is 413 g/mol. The summed E-state index contributed by atoms with van der Waals surface area (Å²) in [5.74, 6) is 1.25. The van der Waals surface area contributed by atoms with Crippen molar-refractivity contribution in [1.82, 2.24) is 10.2 Å². The molecular weight excluding hydrogens is 390 g/mol. The van der Waals surface area contributed by atoms with Gasteiger partial charge in [0.05, 0.1) is 10.3 Å². The second kappa shape index (κ2) is 8.06. The summed E-state index contributed by atoms with van der Waals surface area (Å²) in [6, 6.07) is 7.43. The SMILES string of the molecule is CCOCOc1cc(C=O)ccc1-c1nnc(NC2CC(C)(O)C2)c2sccc12. The van der Waals surface area contributed by atoms with Crippen molar-refractivity contribution in [2.45, 2.75) is 38.3 Å². The highest BCUT2D eigenvalue weighted by Gasteiger charge is 2.38. The number of anilines is 1. The van der Waals surface area contributed by atoms with E-state index in [4.69, 9.17) is 9.47 Å². The van der Waals surface area contributed by atoms with Crippen molar-refractivity contribution in [2.75, 3.05) is 18.7 Å². The topological polar surface area (TPSA) is 93.6 Å². The Morgan fingerprint density at radius 3 is 2.90 bits per heavy atom. The summed E-state index contributed by atoms with van der Waals surface area (Å²) in [6.45, 7) is 4.35. The molecule has 0 bridgehead atoms. The molecule has 3 aromatic rings. The van der Waals surface area contributed by atoms with Crippen molar-refractivity contribution in [2.24, 2.45) is 0 Å². The number of ether oxygens (including phenoxy) is 2. The number of rotatable bonds is 8. The molecule has 0 aliphatic heterocycles. The normalized spacial score (nSPS) is 21.0. The van der Waals surface area contributed by atoms with Gasteiger partial charge in [-0.3, -0.25) is 4.79 Å². The monoisotopic (exact) mass is 413 g/mol. The fourth-order valence-corrected chi connectivity index (χ4v) is 4.43. The van der Waals surface area contributed by atoms with E-state index in [-0.39, 0.29) is 12.8 Å². The van der Waals surface area contributed by atoms with Crippen molar-refractivity contribution in [3.05, 3.63) is 35.2 Å². The third-order valence-corrected chi connectivity index (χ3v) is 5.92. The van der Waals surface area contributed by atoms with Gasteiger partial charge in [0.1, 0.15) is 17.7 Å². The predicted molar refractivity (Wildman–Crippen MR) is 113 cm³/mol. The molecule has 7 nitrogen and oxygen atoms in total. The maximum atomic E-state index is 11.2. The summed E-state index contributed by atoms with van der Waals surface area (Å²) >= 11 is 1.59. The Morgan fingerprint density at radius 2 is 2.17 bits per heavy atom. The Hall–Kier alpha value is -2.55. The van der Waals surface area contributed by atoms with Crippen molar-refractivity contribution >= 4 is 33.5 Å². The molecule has 29 heavy (non-hydrogen) atoms. The number of carbonyl (C=O) groups is 1. The van der Waals surface area contributed by atoms with E-state index in [0.29, 0.717) is 36.5 Å². The van der Waals surface area contributed by atoms with Gasteiger partial charge in [0.2, 0.25) is 0 Å². The maximum absolute atomic E-state index is 11.2. The predicted octanol–water partition coefficient (Wildman–Crippen LogP) is 3.87. The van der Waals surface area contributed by atoms with E-state index in [1.807, 2.05) is 31.4 Å². The van der Waals surface area contributed by atoms with Crippen molar-refractivity contribution in [3.63, 3.8) is 0 Å². The minimum absolute atomic E-state index is 0.0905. The molecule has 1 saturated carbocycles. The Morgan fingerprint density at radius 1 is 1.34 bits per heavy atom. The van der Waals surface area contributed by atoms with E-state index in [9.17, 15) is 9.90 Å². The summed E-state index contributed by atoms with van der Waals surface area (Å²) in [7, 11) is 0. The average Bonchev–Trinajstić information content (AvgIpc) is 3.17. The van der Waals surface area contributed by atoms with Crippen LogP contribution in [-0.2, 0) is 4.74 Å². The van der Waals surface area contributed by atoms with Gasteiger partial charge >= 0.3 is 0 Å². The molecule has 2 aromatic heterocycles. The van der Waals surface area contributed by atoms with Crippen molar-refractivity contribution in [1.29, 1.82) is 0 Å². The zero-order chi connectivity index (χ0) is 20.4. The molecular formula is C21H23N3O4S. The fraction of sp³-hybridized carbons (Fsp3) is 0.381. The van der Waals surface area contributed by atoms with Crippen LogP contribution < -0.4 is 10.1 Å². The van der Waals surface area contributed by atoms with Gasteiger partial charge in [0, 0.05) is 29.2 Å². The van der Waals surface area contributed by atoms with Gasteiger partial charge in [0.15, 0.2) is 12.6 Å². The van der Waals surface area contributed by atoms with E-state index in [1.165, 1.54) is 0 Å². The lowest BCUT2D eigenvalue weighted by Crippen LogP contribution is -2.48.